The van der Waals surface area contributed by atoms with Gasteiger partial charge in [-0.2, -0.15) is 0 Å². The second-order valence-electron chi connectivity index (χ2n) is 6.60. The van der Waals surface area contributed by atoms with E-state index in [-0.39, 0.29) is 5.56 Å². The smallest absolute Gasteiger partial charge is 0.276 e. The van der Waals surface area contributed by atoms with Crippen molar-refractivity contribution in [1.29, 1.82) is 0 Å². The Morgan fingerprint density at radius 3 is 2.67 bits per heavy atom. The number of benzene rings is 1. The third-order valence-corrected chi connectivity index (χ3v) is 4.91. The van der Waals surface area contributed by atoms with E-state index in [0.717, 1.165) is 49.9 Å². The lowest BCUT2D eigenvalue weighted by Crippen LogP contribution is -2.44. The van der Waals surface area contributed by atoms with Gasteiger partial charge in [-0.1, -0.05) is 18.2 Å². The number of hydrogen-bond acceptors (Lipinski definition) is 5. The molecule has 1 N–H and O–H groups in total. The highest BCUT2D eigenvalue weighted by atomic mass is 16.5. The Kier molecular flexibility index (Phi) is 5.11. The fraction of sp³-hybridized carbons (Fsp3) is 0.400. The van der Waals surface area contributed by atoms with Crippen molar-refractivity contribution in [2.75, 3.05) is 37.7 Å². The third kappa shape index (κ3) is 3.55. The second kappa shape index (κ2) is 7.84. The number of pyridine rings is 1. The van der Waals surface area contributed by atoms with Gasteiger partial charge in [-0.3, -0.25) is 4.79 Å². The summed E-state index contributed by atoms with van der Waals surface area (Å²) in [6.07, 6.45) is 1.81. The number of para-hydroxylation sites is 1. The Morgan fingerprint density at radius 2 is 1.93 bits per heavy atom. The van der Waals surface area contributed by atoms with E-state index >= 15 is 0 Å². The summed E-state index contributed by atoms with van der Waals surface area (Å²) in [5, 5.41) is 3.35. The minimum atomic E-state index is -0.0140. The van der Waals surface area contributed by atoms with Crippen molar-refractivity contribution in [2.24, 2.45) is 0 Å². The normalized spacial score (nSPS) is 14.6. The van der Waals surface area contributed by atoms with Crippen LogP contribution in [-0.2, 0) is 13.1 Å². The molecule has 0 saturated carbocycles. The Bertz CT molecular complexity index is 958. The average molecular weight is 367 g/mol. The summed E-state index contributed by atoms with van der Waals surface area (Å²) in [6, 6.07) is 11.6. The van der Waals surface area contributed by atoms with Crippen molar-refractivity contribution in [3.05, 3.63) is 52.9 Å². The molecule has 1 aliphatic heterocycles. The SMILES string of the molecule is CCn1c(N2CCNCC2)nc2ccn(CCOc3ccccc3)c(=O)c21. The van der Waals surface area contributed by atoms with Crippen LogP contribution in [0.25, 0.3) is 11.0 Å². The monoisotopic (exact) mass is 367 g/mol. The maximum atomic E-state index is 13.1. The zero-order valence-electron chi connectivity index (χ0n) is 15.6. The molecule has 0 bridgehead atoms. The van der Waals surface area contributed by atoms with Gasteiger partial charge in [0.1, 0.15) is 17.9 Å². The molecule has 0 amide bonds. The lowest BCUT2D eigenvalue weighted by Gasteiger charge is -2.28. The van der Waals surface area contributed by atoms with Gasteiger partial charge in [0.2, 0.25) is 5.95 Å². The van der Waals surface area contributed by atoms with Gasteiger partial charge in [-0.15, -0.1) is 0 Å². The molecule has 0 atom stereocenters. The molecule has 142 valence electrons. The average Bonchev–Trinajstić information content (AvgIpc) is 3.11. The Morgan fingerprint density at radius 1 is 1.15 bits per heavy atom. The second-order valence-corrected chi connectivity index (χ2v) is 6.60. The molecule has 1 aromatic carbocycles. The maximum Gasteiger partial charge on any atom is 0.276 e. The van der Waals surface area contributed by atoms with E-state index in [9.17, 15) is 4.79 Å². The molecular weight excluding hydrogens is 342 g/mol. The van der Waals surface area contributed by atoms with Crippen molar-refractivity contribution in [3.63, 3.8) is 0 Å². The molecular formula is C20H25N5O2. The minimum Gasteiger partial charge on any atom is -0.492 e. The molecule has 1 fully saturated rings. The number of hydrogen-bond donors (Lipinski definition) is 1. The third-order valence-electron chi connectivity index (χ3n) is 4.91. The minimum absolute atomic E-state index is 0.0140. The summed E-state index contributed by atoms with van der Waals surface area (Å²) in [4.78, 5) is 20.1. The summed E-state index contributed by atoms with van der Waals surface area (Å²) < 4.78 is 9.48. The number of nitrogens with one attached hydrogen (secondary N) is 1. The highest BCUT2D eigenvalue weighted by Crippen LogP contribution is 2.20. The molecule has 27 heavy (non-hydrogen) atoms. The predicted molar refractivity (Wildman–Crippen MR) is 107 cm³/mol. The van der Waals surface area contributed by atoms with Gasteiger partial charge in [0.15, 0.2) is 0 Å². The number of anilines is 1. The summed E-state index contributed by atoms with van der Waals surface area (Å²) in [5.74, 6) is 1.70. The maximum absolute atomic E-state index is 13.1. The first-order valence-corrected chi connectivity index (χ1v) is 9.51. The van der Waals surface area contributed by atoms with E-state index in [2.05, 4.69) is 17.1 Å². The summed E-state index contributed by atoms with van der Waals surface area (Å²) >= 11 is 0. The van der Waals surface area contributed by atoms with Crippen LogP contribution >= 0.6 is 0 Å². The van der Waals surface area contributed by atoms with Crippen LogP contribution in [0.1, 0.15) is 6.92 Å². The zero-order valence-corrected chi connectivity index (χ0v) is 15.6. The topological polar surface area (TPSA) is 64.3 Å². The standard InChI is InChI=1S/C20H25N5O2/c1-2-25-18-17(22-20(25)24-12-9-21-10-13-24)8-11-23(19(18)26)14-15-27-16-6-4-3-5-7-16/h3-8,11,21H,2,9-10,12-15H2,1H3. The summed E-state index contributed by atoms with van der Waals surface area (Å²) in [7, 11) is 0. The van der Waals surface area contributed by atoms with E-state index in [0.29, 0.717) is 18.7 Å². The number of fused-ring (bicyclic) bond motifs is 1. The first kappa shape index (κ1) is 17.6. The fourth-order valence-corrected chi connectivity index (χ4v) is 3.53. The molecule has 0 radical (unpaired) electrons. The first-order valence-electron chi connectivity index (χ1n) is 9.51. The molecule has 1 saturated heterocycles. The first-order chi connectivity index (χ1) is 13.3. The van der Waals surface area contributed by atoms with Crippen molar-refractivity contribution in [3.8, 4) is 5.75 Å². The van der Waals surface area contributed by atoms with Crippen LogP contribution in [0.3, 0.4) is 0 Å². The fourth-order valence-electron chi connectivity index (χ4n) is 3.53. The number of aryl methyl sites for hydroxylation is 1. The molecule has 7 heteroatoms. The van der Waals surface area contributed by atoms with Gasteiger partial charge in [-0.25, -0.2) is 4.98 Å². The molecule has 0 aliphatic carbocycles. The van der Waals surface area contributed by atoms with E-state index in [1.807, 2.05) is 47.2 Å². The molecule has 1 aliphatic rings. The highest BCUT2D eigenvalue weighted by molar-refractivity contribution is 5.77. The lowest BCUT2D eigenvalue weighted by atomic mass is 10.3. The van der Waals surface area contributed by atoms with Crippen LogP contribution < -0.4 is 20.5 Å². The molecule has 4 rings (SSSR count). The molecule has 7 nitrogen and oxygen atoms in total. The number of nitrogens with zero attached hydrogens (tertiary/aromatic N) is 4. The molecule has 2 aromatic heterocycles. The van der Waals surface area contributed by atoms with Gasteiger partial charge in [-0.05, 0) is 25.1 Å². The molecule has 3 aromatic rings. The van der Waals surface area contributed by atoms with E-state index < -0.39 is 0 Å². The van der Waals surface area contributed by atoms with Crippen molar-refractivity contribution >= 4 is 17.0 Å². The zero-order chi connectivity index (χ0) is 18.6. The van der Waals surface area contributed by atoms with Crippen LogP contribution in [-0.4, -0.2) is 46.9 Å². The largest absolute Gasteiger partial charge is 0.492 e. The van der Waals surface area contributed by atoms with E-state index in [4.69, 9.17) is 9.72 Å². The Balaban J connectivity index is 1.59. The highest BCUT2D eigenvalue weighted by Gasteiger charge is 2.20. The van der Waals surface area contributed by atoms with Crippen LogP contribution in [0.15, 0.2) is 47.4 Å². The number of rotatable bonds is 6. The summed E-state index contributed by atoms with van der Waals surface area (Å²) in [5.41, 5.74) is 1.42. The van der Waals surface area contributed by atoms with Crippen LogP contribution in [0.2, 0.25) is 0 Å². The molecule has 3 heterocycles. The van der Waals surface area contributed by atoms with Crippen molar-refractivity contribution < 1.29 is 4.74 Å². The van der Waals surface area contributed by atoms with E-state index in [1.165, 1.54) is 0 Å². The van der Waals surface area contributed by atoms with Crippen molar-refractivity contribution in [2.45, 2.75) is 20.0 Å². The number of aromatic nitrogens is 3. The summed E-state index contributed by atoms with van der Waals surface area (Å²) in [6.45, 7) is 7.41. The molecule has 0 unspecified atom stereocenters. The van der Waals surface area contributed by atoms with Crippen LogP contribution in [0, 0.1) is 0 Å². The number of ether oxygens (including phenoxy) is 1. The quantitative estimate of drug-likeness (QED) is 0.719. The van der Waals surface area contributed by atoms with Gasteiger partial charge in [0.05, 0.1) is 12.1 Å². The lowest BCUT2D eigenvalue weighted by molar-refractivity contribution is 0.296. The van der Waals surface area contributed by atoms with E-state index in [1.54, 1.807) is 4.57 Å². The van der Waals surface area contributed by atoms with Crippen LogP contribution in [0.5, 0.6) is 5.75 Å². The van der Waals surface area contributed by atoms with Crippen LogP contribution in [0.4, 0.5) is 5.95 Å². The molecule has 0 spiro atoms. The number of imidazole rings is 1. The Hall–Kier alpha value is -2.80. The predicted octanol–water partition coefficient (Wildman–Crippen LogP) is 1.71. The van der Waals surface area contributed by atoms with Gasteiger partial charge < -0.3 is 24.1 Å². The number of piperazine rings is 1. The van der Waals surface area contributed by atoms with Gasteiger partial charge in [0, 0.05) is 38.9 Å². The van der Waals surface area contributed by atoms with Gasteiger partial charge >= 0.3 is 0 Å². The Labute approximate surface area is 158 Å². The van der Waals surface area contributed by atoms with Crippen molar-refractivity contribution in [1.82, 2.24) is 19.4 Å². The van der Waals surface area contributed by atoms with Gasteiger partial charge in [0.25, 0.3) is 5.56 Å².